The summed E-state index contributed by atoms with van der Waals surface area (Å²) in [4.78, 5) is 0. The molecule has 19 heavy (non-hydrogen) atoms. The molecule has 2 aliphatic carbocycles. The van der Waals surface area contributed by atoms with E-state index >= 15 is 0 Å². The van der Waals surface area contributed by atoms with Crippen LogP contribution in [0.15, 0.2) is 24.3 Å². The van der Waals surface area contributed by atoms with Gasteiger partial charge in [-0.05, 0) is 37.2 Å². The summed E-state index contributed by atoms with van der Waals surface area (Å²) in [5.41, 5.74) is 2.42. The molecule has 0 radical (unpaired) electrons. The number of nitrogens with zero attached hydrogens (tertiary/aromatic N) is 2. The second-order valence-electron chi connectivity index (χ2n) is 6.25. The van der Waals surface area contributed by atoms with E-state index in [0.29, 0.717) is 0 Å². The van der Waals surface area contributed by atoms with E-state index in [4.69, 9.17) is 0 Å². The zero-order valence-corrected chi connectivity index (χ0v) is 11.5. The molecule has 3 atom stereocenters. The molecule has 1 heterocycles. The largest absolute Gasteiger partial charge is 0.308 e. The minimum absolute atomic E-state index is 0.736. The molecule has 1 N–H and O–H groups in total. The summed E-state index contributed by atoms with van der Waals surface area (Å²) in [6.07, 6.45) is 5.75. The average Bonchev–Trinajstić information content (AvgIpc) is 3.12. The predicted octanol–water partition coefficient (Wildman–Crippen LogP) is 2.85. The van der Waals surface area contributed by atoms with Crippen molar-refractivity contribution in [3.8, 4) is 0 Å². The Kier molecular flexibility index (Phi) is 2.62. The first-order valence-corrected chi connectivity index (χ1v) is 7.45. The van der Waals surface area contributed by atoms with Gasteiger partial charge in [0.05, 0.1) is 11.2 Å². The maximum absolute atomic E-state index is 4.67. The Bertz CT molecular complexity index is 601. The quantitative estimate of drug-likeness (QED) is 0.914. The molecule has 2 bridgehead atoms. The van der Waals surface area contributed by atoms with Crippen molar-refractivity contribution >= 4 is 10.9 Å². The molecule has 0 saturated heterocycles. The number of nitrogens with one attached hydrogen (secondary N) is 1. The first-order valence-electron chi connectivity index (χ1n) is 7.45. The van der Waals surface area contributed by atoms with Gasteiger partial charge in [-0.15, -0.1) is 0 Å². The number of aryl methyl sites for hydroxylation is 1. The molecular weight excluding hydrogens is 234 g/mol. The highest BCUT2D eigenvalue weighted by Gasteiger charge is 2.39. The lowest BCUT2D eigenvalue weighted by atomic mass is 9.95. The van der Waals surface area contributed by atoms with E-state index < -0.39 is 0 Å². The molecule has 1 aromatic carbocycles. The average molecular weight is 255 g/mol. The van der Waals surface area contributed by atoms with Gasteiger partial charge in [-0.25, -0.2) is 0 Å². The van der Waals surface area contributed by atoms with Crippen LogP contribution in [0.3, 0.4) is 0 Å². The smallest absolute Gasteiger partial charge is 0.0841 e. The Balaban J connectivity index is 1.52. The van der Waals surface area contributed by atoms with Crippen molar-refractivity contribution in [2.75, 3.05) is 0 Å². The number of aromatic nitrogens is 2. The fraction of sp³-hybridized carbons (Fsp3) is 0.562. The van der Waals surface area contributed by atoms with E-state index in [1.54, 1.807) is 0 Å². The number of hydrogen-bond acceptors (Lipinski definition) is 2. The number of para-hydroxylation sites is 1. The molecule has 0 amide bonds. The minimum atomic E-state index is 0.736. The Labute approximate surface area is 114 Å². The van der Waals surface area contributed by atoms with Gasteiger partial charge in [0.15, 0.2) is 0 Å². The van der Waals surface area contributed by atoms with Crippen LogP contribution < -0.4 is 5.32 Å². The number of rotatable bonds is 3. The van der Waals surface area contributed by atoms with Crippen LogP contribution in [0.5, 0.6) is 0 Å². The van der Waals surface area contributed by atoms with Gasteiger partial charge in [-0.3, -0.25) is 4.68 Å². The normalized spacial score (nSPS) is 29.4. The molecule has 2 aromatic rings. The first-order chi connectivity index (χ1) is 9.31. The molecule has 2 fully saturated rings. The van der Waals surface area contributed by atoms with Gasteiger partial charge in [0.2, 0.25) is 0 Å². The zero-order chi connectivity index (χ0) is 12.8. The van der Waals surface area contributed by atoms with E-state index in [1.807, 2.05) is 11.7 Å². The van der Waals surface area contributed by atoms with Crippen molar-refractivity contribution in [2.24, 2.45) is 18.9 Å². The van der Waals surface area contributed by atoms with Gasteiger partial charge in [0.25, 0.3) is 0 Å². The third-order valence-electron chi connectivity index (χ3n) is 5.10. The summed E-state index contributed by atoms with van der Waals surface area (Å²) in [6.45, 7) is 0.912. The van der Waals surface area contributed by atoms with Crippen LogP contribution in [0.1, 0.15) is 31.4 Å². The van der Waals surface area contributed by atoms with Crippen LogP contribution in [0, 0.1) is 11.8 Å². The van der Waals surface area contributed by atoms with Gasteiger partial charge < -0.3 is 5.32 Å². The number of fused-ring (bicyclic) bond motifs is 3. The highest BCUT2D eigenvalue weighted by atomic mass is 15.3. The molecule has 3 unspecified atom stereocenters. The zero-order valence-electron chi connectivity index (χ0n) is 11.5. The lowest BCUT2D eigenvalue weighted by Crippen LogP contribution is -2.33. The fourth-order valence-electron chi connectivity index (χ4n) is 4.14. The number of benzene rings is 1. The lowest BCUT2D eigenvalue weighted by molar-refractivity contribution is 0.349. The molecular formula is C16H21N3. The summed E-state index contributed by atoms with van der Waals surface area (Å²) in [5, 5.41) is 9.72. The summed E-state index contributed by atoms with van der Waals surface area (Å²) >= 11 is 0. The minimum Gasteiger partial charge on any atom is -0.308 e. The summed E-state index contributed by atoms with van der Waals surface area (Å²) in [7, 11) is 2.03. The summed E-state index contributed by atoms with van der Waals surface area (Å²) in [5.74, 6) is 1.93. The Morgan fingerprint density at radius 1 is 1.26 bits per heavy atom. The molecule has 4 rings (SSSR count). The molecule has 0 spiro atoms. The summed E-state index contributed by atoms with van der Waals surface area (Å²) < 4.78 is 1.99. The van der Waals surface area contributed by atoms with Gasteiger partial charge in [0.1, 0.15) is 0 Å². The van der Waals surface area contributed by atoms with Gasteiger partial charge >= 0.3 is 0 Å². The molecule has 100 valence electrons. The van der Waals surface area contributed by atoms with Crippen molar-refractivity contribution in [3.05, 3.63) is 30.0 Å². The van der Waals surface area contributed by atoms with Crippen molar-refractivity contribution in [1.29, 1.82) is 0 Å². The Morgan fingerprint density at radius 2 is 2.16 bits per heavy atom. The van der Waals surface area contributed by atoms with Crippen molar-refractivity contribution in [3.63, 3.8) is 0 Å². The van der Waals surface area contributed by atoms with Crippen LogP contribution >= 0.6 is 0 Å². The van der Waals surface area contributed by atoms with E-state index in [1.165, 1.54) is 42.3 Å². The second-order valence-corrected chi connectivity index (χ2v) is 6.25. The van der Waals surface area contributed by atoms with Crippen LogP contribution in [-0.2, 0) is 13.6 Å². The topological polar surface area (TPSA) is 29.9 Å². The molecule has 2 aliphatic rings. The molecule has 3 heteroatoms. The lowest BCUT2D eigenvalue weighted by Gasteiger charge is -2.22. The van der Waals surface area contributed by atoms with E-state index in [0.717, 1.165) is 24.4 Å². The monoisotopic (exact) mass is 255 g/mol. The van der Waals surface area contributed by atoms with Crippen LogP contribution in [0.4, 0.5) is 0 Å². The maximum Gasteiger partial charge on any atom is 0.0841 e. The van der Waals surface area contributed by atoms with E-state index in [2.05, 4.69) is 34.7 Å². The van der Waals surface area contributed by atoms with Crippen LogP contribution in [0.25, 0.3) is 10.9 Å². The van der Waals surface area contributed by atoms with Crippen molar-refractivity contribution in [1.82, 2.24) is 15.1 Å². The first kappa shape index (κ1) is 11.5. The van der Waals surface area contributed by atoms with Gasteiger partial charge in [-0.1, -0.05) is 24.6 Å². The highest BCUT2D eigenvalue weighted by Crippen LogP contribution is 2.44. The summed E-state index contributed by atoms with van der Waals surface area (Å²) in [6, 6.07) is 9.24. The SMILES string of the molecule is Cn1nc(CNC2CC3CCC2C3)c2ccccc21. The van der Waals surface area contributed by atoms with Gasteiger partial charge in [0, 0.05) is 25.0 Å². The molecule has 1 aromatic heterocycles. The Hall–Kier alpha value is -1.35. The molecule has 2 saturated carbocycles. The third kappa shape index (κ3) is 1.88. The van der Waals surface area contributed by atoms with Gasteiger partial charge in [-0.2, -0.15) is 5.10 Å². The Morgan fingerprint density at radius 3 is 2.95 bits per heavy atom. The van der Waals surface area contributed by atoms with Crippen LogP contribution in [-0.4, -0.2) is 15.8 Å². The predicted molar refractivity (Wildman–Crippen MR) is 76.8 cm³/mol. The van der Waals surface area contributed by atoms with Crippen molar-refractivity contribution < 1.29 is 0 Å². The molecule has 3 nitrogen and oxygen atoms in total. The standard InChI is InChI=1S/C16H21N3/c1-19-16-5-3-2-4-13(16)15(18-19)10-17-14-9-11-6-7-12(14)8-11/h2-5,11-12,14,17H,6-10H2,1H3. The molecule has 0 aliphatic heterocycles. The third-order valence-corrected chi connectivity index (χ3v) is 5.10. The fourth-order valence-corrected chi connectivity index (χ4v) is 4.14. The highest BCUT2D eigenvalue weighted by molar-refractivity contribution is 5.81. The van der Waals surface area contributed by atoms with E-state index in [9.17, 15) is 0 Å². The van der Waals surface area contributed by atoms with Crippen LogP contribution in [0.2, 0.25) is 0 Å². The maximum atomic E-state index is 4.67. The second kappa shape index (κ2) is 4.34. The van der Waals surface area contributed by atoms with E-state index in [-0.39, 0.29) is 0 Å². The van der Waals surface area contributed by atoms with Crippen molar-refractivity contribution in [2.45, 2.75) is 38.3 Å². The number of hydrogen-bond donors (Lipinski definition) is 1.